The topological polar surface area (TPSA) is 70.5 Å². The lowest BCUT2D eigenvalue weighted by molar-refractivity contribution is 0.0472. The van der Waals surface area contributed by atoms with Gasteiger partial charge in [-0.25, -0.2) is 0 Å². The van der Waals surface area contributed by atoms with Gasteiger partial charge in [0.25, 0.3) is 0 Å². The maximum Gasteiger partial charge on any atom is 0.0701 e. The molecule has 92 valence electrons. The Bertz CT molecular complexity index is 151. The van der Waals surface area contributed by atoms with E-state index in [0.717, 1.165) is 13.0 Å². The van der Waals surface area contributed by atoms with E-state index in [1.54, 1.807) is 0 Å². The van der Waals surface area contributed by atoms with Gasteiger partial charge in [-0.05, 0) is 13.0 Å². The lowest BCUT2D eigenvalue weighted by Crippen LogP contribution is -2.48. The van der Waals surface area contributed by atoms with Crippen molar-refractivity contribution in [3.8, 4) is 0 Å². The second kappa shape index (κ2) is 8.24. The van der Waals surface area contributed by atoms with Crippen LogP contribution in [0.5, 0.6) is 0 Å². The predicted octanol–water partition coefficient (Wildman–Crippen LogP) is 0.573. The van der Waals surface area contributed by atoms with E-state index < -0.39 is 8.07 Å². The zero-order valence-corrected chi connectivity index (χ0v) is 11.3. The van der Waals surface area contributed by atoms with Crippen molar-refractivity contribution in [1.82, 2.24) is 0 Å². The van der Waals surface area contributed by atoms with E-state index in [4.69, 9.17) is 20.9 Å². The Kier molecular flexibility index (Phi) is 8.27. The van der Waals surface area contributed by atoms with Gasteiger partial charge in [0.05, 0.1) is 27.9 Å². The first-order valence-corrected chi connectivity index (χ1v) is 9.17. The van der Waals surface area contributed by atoms with Gasteiger partial charge in [0.2, 0.25) is 0 Å². The molecule has 0 radical (unpaired) electrons. The molecule has 4 nitrogen and oxygen atoms in total. The zero-order valence-electron chi connectivity index (χ0n) is 10.3. The van der Waals surface area contributed by atoms with Crippen molar-refractivity contribution in [2.24, 2.45) is 11.5 Å². The molecule has 0 aliphatic heterocycles. The summed E-state index contributed by atoms with van der Waals surface area (Å²) in [5.74, 6) is 0. The molecule has 0 heterocycles. The van der Waals surface area contributed by atoms with Crippen LogP contribution in [0, 0.1) is 0 Å². The van der Waals surface area contributed by atoms with E-state index in [9.17, 15) is 0 Å². The van der Waals surface area contributed by atoms with Crippen LogP contribution < -0.4 is 11.5 Å². The van der Waals surface area contributed by atoms with Crippen molar-refractivity contribution in [3.63, 3.8) is 0 Å². The molecule has 0 aromatic carbocycles. The predicted molar refractivity (Wildman–Crippen MR) is 66.6 cm³/mol. The lowest BCUT2D eigenvalue weighted by Gasteiger charge is -2.24. The van der Waals surface area contributed by atoms with Crippen LogP contribution in [-0.4, -0.2) is 46.7 Å². The Balaban J connectivity index is 3.24. The molecule has 0 fully saturated rings. The van der Waals surface area contributed by atoms with Crippen molar-refractivity contribution < 1.29 is 9.47 Å². The summed E-state index contributed by atoms with van der Waals surface area (Å²) in [6.45, 7) is 10.1. The van der Waals surface area contributed by atoms with Gasteiger partial charge >= 0.3 is 0 Å². The number of nitrogens with two attached hydrogens (primary N) is 2. The minimum Gasteiger partial charge on any atom is -0.379 e. The summed E-state index contributed by atoms with van der Waals surface area (Å²) in [5.41, 5.74) is 11.5. The van der Waals surface area contributed by atoms with Crippen LogP contribution in [0.15, 0.2) is 0 Å². The van der Waals surface area contributed by atoms with Crippen molar-refractivity contribution in [2.75, 3.05) is 33.0 Å². The van der Waals surface area contributed by atoms with E-state index in [1.165, 1.54) is 0 Å². The van der Waals surface area contributed by atoms with Gasteiger partial charge in [0.1, 0.15) is 0 Å². The summed E-state index contributed by atoms with van der Waals surface area (Å²) in [5, 5.41) is 0. The van der Waals surface area contributed by atoms with Crippen molar-refractivity contribution in [1.29, 1.82) is 0 Å². The molecular formula is C10H26N2O2Si. The zero-order chi connectivity index (χ0) is 11.7. The minimum absolute atomic E-state index is 0.210. The van der Waals surface area contributed by atoms with E-state index in [-0.39, 0.29) is 5.67 Å². The van der Waals surface area contributed by atoms with Crippen molar-refractivity contribution >= 4 is 8.07 Å². The molecule has 0 saturated carbocycles. The second-order valence-electron chi connectivity index (χ2n) is 4.80. The highest BCUT2D eigenvalue weighted by atomic mass is 28.3. The average Bonchev–Trinajstić information content (AvgIpc) is 2.14. The molecule has 0 saturated heterocycles. The van der Waals surface area contributed by atoms with Crippen molar-refractivity contribution in [2.45, 2.75) is 31.7 Å². The summed E-state index contributed by atoms with van der Waals surface area (Å²) in [4.78, 5) is 0. The van der Waals surface area contributed by atoms with Gasteiger partial charge < -0.3 is 20.9 Å². The van der Waals surface area contributed by atoms with Gasteiger partial charge in [-0.1, -0.05) is 19.6 Å². The van der Waals surface area contributed by atoms with Crippen LogP contribution in [-0.2, 0) is 9.47 Å². The average molecular weight is 234 g/mol. The highest BCUT2D eigenvalue weighted by Gasteiger charge is 2.22. The van der Waals surface area contributed by atoms with E-state index in [2.05, 4.69) is 19.6 Å². The molecule has 0 rings (SSSR count). The third-order valence-electron chi connectivity index (χ3n) is 2.27. The van der Waals surface area contributed by atoms with Gasteiger partial charge in [0.15, 0.2) is 0 Å². The minimum atomic E-state index is -1.25. The third kappa shape index (κ3) is 9.01. The second-order valence-corrected chi connectivity index (χ2v) is 10.3. The molecule has 1 unspecified atom stereocenters. The summed E-state index contributed by atoms with van der Waals surface area (Å²) >= 11 is 0. The van der Waals surface area contributed by atoms with Gasteiger partial charge in [-0.3, -0.25) is 0 Å². The summed E-state index contributed by atoms with van der Waals surface area (Å²) in [6.07, 6.45) is 0.911. The largest absolute Gasteiger partial charge is 0.379 e. The first kappa shape index (κ1) is 15.1. The highest BCUT2D eigenvalue weighted by molar-refractivity contribution is 6.77. The SMILES string of the molecule is C[Si](C)(C)C(N)COCCOCCCN. The fraction of sp³-hybridized carbons (Fsp3) is 1.00. The quantitative estimate of drug-likeness (QED) is 0.452. The fourth-order valence-electron chi connectivity index (χ4n) is 0.866. The Morgan fingerprint density at radius 2 is 1.67 bits per heavy atom. The molecule has 0 spiro atoms. The van der Waals surface area contributed by atoms with Crippen LogP contribution >= 0.6 is 0 Å². The monoisotopic (exact) mass is 234 g/mol. The Labute approximate surface area is 94.3 Å². The van der Waals surface area contributed by atoms with Gasteiger partial charge in [0, 0.05) is 12.3 Å². The molecular weight excluding hydrogens is 208 g/mol. The number of hydrogen-bond acceptors (Lipinski definition) is 4. The molecule has 0 aliphatic carbocycles. The highest BCUT2D eigenvalue weighted by Crippen LogP contribution is 2.05. The summed E-state index contributed by atoms with van der Waals surface area (Å²) in [6, 6.07) is 0. The van der Waals surface area contributed by atoms with Crippen LogP contribution in [0.4, 0.5) is 0 Å². The van der Waals surface area contributed by atoms with E-state index >= 15 is 0 Å². The third-order valence-corrected chi connectivity index (χ3v) is 4.67. The van der Waals surface area contributed by atoms with Crippen LogP contribution in [0.1, 0.15) is 6.42 Å². The van der Waals surface area contributed by atoms with Gasteiger partial charge in [-0.2, -0.15) is 0 Å². The van der Waals surface area contributed by atoms with Crippen LogP contribution in [0.3, 0.4) is 0 Å². The maximum absolute atomic E-state index is 5.99. The number of ether oxygens (including phenoxy) is 2. The normalized spacial score (nSPS) is 14.2. The van der Waals surface area contributed by atoms with Crippen molar-refractivity contribution in [3.05, 3.63) is 0 Å². The lowest BCUT2D eigenvalue weighted by atomic mass is 10.5. The van der Waals surface area contributed by atoms with E-state index in [1.807, 2.05) is 0 Å². The van der Waals surface area contributed by atoms with Gasteiger partial charge in [-0.15, -0.1) is 0 Å². The Morgan fingerprint density at radius 3 is 2.20 bits per heavy atom. The molecule has 4 N–H and O–H groups in total. The fourth-order valence-corrected chi connectivity index (χ4v) is 1.48. The first-order chi connectivity index (χ1) is 6.98. The van der Waals surface area contributed by atoms with E-state index in [0.29, 0.717) is 26.4 Å². The molecule has 15 heavy (non-hydrogen) atoms. The Hall–Kier alpha value is 0.0569. The smallest absolute Gasteiger partial charge is 0.0701 e. The number of hydrogen-bond donors (Lipinski definition) is 2. The van der Waals surface area contributed by atoms with Crippen LogP contribution in [0.25, 0.3) is 0 Å². The molecule has 0 aromatic rings. The summed E-state index contributed by atoms with van der Waals surface area (Å²) < 4.78 is 10.8. The Morgan fingerprint density at radius 1 is 1.07 bits per heavy atom. The summed E-state index contributed by atoms with van der Waals surface area (Å²) in [7, 11) is -1.25. The molecule has 5 heteroatoms. The standard InChI is InChI=1S/C10H26N2O2Si/c1-15(2,3)10(12)9-14-8-7-13-6-4-5-11/h10H,4-9,11-12H2,1-3H3. The molecule has 0 aromatic heterocycles. The molecule has 0 aliphatic rings. The molecule has 0 bridgehead atoms. The first-order valence-electron chi connectivity index (χ1n) is 5.59. The van der Waals surface area contributed by atoms with Crippen LogP contribution in [0.2, 0.25) is 19.6 Å². The maximum atomic E-state index is 5.99. The number of rotatable bonds is 9. The molecule has 0 amide bonds. The molecule has 1 atom stereocenters.